The number of aromatic hydroxyl groups is 2. The molecule has 3 nitrogen and oxygen atoms in total. The minimum atomic E-state index is -0.198. The van der Waals surface area contributed by atoms with Gasteiger partial charge in [0.05, 0.1) is 5.56 Å². The SMILES string of the molecule is C=CC1=C(C)CCCC(C(=O)c2ccc(O)cc2O)=C1. The summed E-state index contributed by atoms with van der Waals surface area (Å²) in [4.78, 5) is 12.5. The monoisotopic (exact) mass is 270 g/mol. The molecule has 2 rings (SSSR count). The first-order valence-corrected chi connectivity index (χ1v) is 6.62. The second kappa shape index (κ2) is 5.78. The number of ketones is 1. The van der Waals surface area contributed by atoms with Crippen molar-refractivity contribution in [3.05, 3.63) is 59.2 Å². The van der Waals surface area contributed by atoms with Gasteiger partial charge in [-0.1, -0.05) is 18.2 Å². The molecule has 0 spiro atoms. The van der Waals surface area contributed by atoms with E-state index >= 15 is 0 Å². The third-order valence-electron chi connectivity index (χ3n) is 3.56. The molecule has 1 aromatic rings. The van der Waals surface area contributed by atoms with Crippen LogP contribution >= 0.6 is 0 Å². The number of phenols is 2. The number of carbonyl (C=O) groups is 1. The maximum atomic E-state index is 12.5. The molecule has 0 fully saturated rings. The van der Waals surface area contributed by atoms with E-state index in [9.17, 15) is 15.0 Å². The summed E-state index contributed by atoms with van der Waals surface area (Å²) in [6.07, 6.45) is 6.12. The minimum absolute atomic E-state index is 0.0589. The van der Waals surface area contributed by atoms with E-state index in [0.29, 0.717) is 12.0 Å². The van der Waals surface area contributed by atoms with Gasteiger partial charge in [0, 0.05) is 11.6 Å². The van der Waals surface area contributed by atoms with Gasteiger partial charge in [-0.3, -0.25) is 4.79 Å². The zero-order valence-corrected chi connectivity index (χ0v) is 11.5. The van der Waals surface area contributed by atoms with Crippen molar-refractivity contribution in [2.75, 3.05) is 0 Å². The highest BCUT2D eigenvalue weighted by Gasteiger charge is 2.18. The van der Waals surface area contributed by atoms with Gasteiger partial charge in [0.2, 0.25) is 0 Å². The molecule has 2 N–H and O–H groups in total. The molecule has 0 radical (unpaired) electrons. The molecule has 0 amide bonds. The summed E-state index contributed by atoms with van der Waals surface area (Å²) in [5.41, 5.74) is 3.08. The standard InChI is InChI=1S/C17H18O3/c1-3-12-9-13(6-4-5-11(12)2)17(20)15-8-7-14(18)10-16(15)19/h3,7-10,18-19H,1,4-6H2,2H3. The van der Waals surface area contributed by atoms with Crippen molar-refractivity contribution in [2.24, 2.45) is 0 Å². The fraction of sp³-hybridized carbons (Fsp3) is 0.235. The van der Waals surface area contributed by atoms with Crippen molar-refractivity contribution in [1.82, 2.24) is 0 Å². The van der Waals surface area contributed by atoms with Crippen LogP contribution in [0.15, 0.2) is 53.6 Å². The number of Topliss-reactive ketones (excluding diaryl/α,β-unsaturated/α-hetero) is 1. The van der Waals surface area contributed by atoms with Gasteiger partial charge in [0.15, 0.2) is 5.78 Å². The fourth-order valence-corrected chi connectivity index (χ4v) is 2.37. The summed E-state index contributed by atoms with van der Waals surface area (Å²) in [5.74, 6) is -0.450. The lowest BCUT2D eigenvalue weighted by Crippen LogP contribution is -2.04. The first-order valence-electron chi connectivity index (χ1n) is 6.62. The number of carbonyl (C=O) groups excluding carboxylic acids is 1. The lowest BCUT2D eigenvalue weighted by molar-refractivity contribution is 0.102. The second-order valence-corrected chi connectivity index (χ2v) is 4.99. The number of hydrogen-bond acceptors (Lipinski definition) is 3. The van der Waals surface area contributed by atoms with E-state index in [2.05, 4.69) is 6.58 Å². The van der Waals surface area contributed by atoms with Crippen molar-refractivity contribution in [3.8, 4) is 11.5 Å². The van der Waals surface area contributed by atoms with Crippen LogP contribution < -0.4 is 0 Å². The van der Waals surface area contributed by atoms with E-state index in [0.717, 1.165) is 18.4 Å². The predicted octanol–water partition coefficient (Wildman–Crippen LogP) is 3.89. The predicted molar refractivity (Wildman–Crippen MR) is 78.9 cm³/mol. The van der Waals surface area contributed by atoms with Gasteiger partial charge in [0.1, 0.15) is 11.5 Å². The van der Waals surface area contributed by atoms with Gasteiger partial charge in [-0.15, -0.1) is 0 Å². The molecule has 1 aromatic carbocycles. The Hall–Kier alpha value is -2.29. The average Bonchev–Trinajstić information content (AvgIpc) is 2.59. The zero-order chi connectivity index (χ0) is 14.7. The Kier molecular flexibility index (Phi) is 4.08. The Balaban J connectivity index is 2.40. The molecule has 0 atom stereocenters. The third kappa shape index (κ3) is 2.82. The first kappa shape index (κ1) is 14.1. The zero-order valence-electron chi connectivity index (χ0n) is 11.5. The van der Waals surface area contributed by atoms with Gasteiger partial charge in [-0.25, -0.2) is 0 Å². The van der Waals surface area contributed by atoms with Crippen LogP contribution in [0.5, 0.6) is 11.5 Å². The fourth-order valence-electron chi connectivity index (χ4n) is 2.37. The van der Waals surface area contributed by atoms with E-state index in [1.165, 1.54) is 23.8 Å². The summed E-state index contributed by atoms with van der Waals surface area (Å²) < 4.78 is 0. The lowest BCUT2D eigenvalue weighted by atomic mass is 9.98. The molecule has 3 heteroatoms. The Morgan fingerprint density at radius 3 is 2.70 bits per heavy atom. The molecule has 0 aromatic heterocycles. The molecule has 104 valence electrons. The Morgan fingerprint density at radius 1 is 1.30 bits per heavy atom. The van der Waals surface area contributed by atoms with Crippen molar-refractivity contribution in [1.29, 1.82) is 0 Å². The molecule has 20 heavy (non-hydrogen) atoms. The molecule has 1 aliphatic rings. The summed E-state index contributed by atoms with van der Waals surface area (Å²) in [6.45, 7) is 5.82. The quantitative estimate of drug-likeness (QED) is 0.819. The van der Waals surface area contributed by atoms with E-state index in [-0.39, 0.29) is 22.8 Å². The van der Waals surface area contributed by atoms with Crippen molar-refractivity contribution >= 4 is 5.78 Å². The lowest BCUT2D eigenvalue weighted by Gasteiger charge is -2.07. The van der Waals surface area contributed by atoms with Crippen LogP contribution in [-0.2, 0) is 0 Å². The molecule has 0 unspecified atom stereocenters. The van der Waals surface area contributed by atoms with Crippen molar-refractivity contribution < 1.29 is 15.0 Å². The van der Waals surface area contributed by atoms with E-state index < -0.39 is 0 Å². The summed E-state index contributed by atoms with van der Waals surface area (Å²) in [6, 6.07) is 4.03. The molecule has 0 saturated heterocycles. The van der Waals surface area contributed by atoms with Gasteiger partial charge < -0.3 is 10.2 Å². The summed E-state index contributed by atoms with van der Waals surface area (Å²) in [5, 5.41) is 19.1. The van der Waals surface area contributed by atoms with Crippen molar-refractivity contribution in [3.63, 3.8) is 0 Å². The number of rotatable bonds is 3. The maximum Gasteiger partial charge on any atom is 0.192 e. The Morgan fingerprint density at radius 2 is 2.05 bits per heavy atom. The van der Waals surface area contributed by atoms with Gasteiger partial charge in [-0.05, 0) is 50.0 Å². The van der Waals surface area contributed by atoms with Crippen LogP contribution in [0.3, 0.4) is 0 Å². The van der Waals surface area contributed by atoms with Gasteiger partial charge in [0.25, 0.3) is 0 Å². The van der Waals surface area contributed by atoms with Crippen LogP contribution in [0.4, 0.5) is 0 Å². The number of allylic oxidation sites excluding steroid dienone is 5. The maximum absolute atomic E-state index is 12.5. The summed E-state index contributed by atoms with van der Waals surface area (Å²) in [7, 11) is 0. The highest BCUT2D eigenvalue weighted by molar-refractivity contribution is 6.10. The normalized spacial score (nSPS) is 15.6. The molecular weight excluding hydrogens is 252 g/mol. The number of benzene rings is 1. The van der Waals surface area contributed by atoms with E-state index in [1.54, 1.807) is 6.08 Å². The topological polar surface area (TPSA) is 57.5 Å². The molecule has 0 saturated carbocycles. The highest BCUT2D eigenvalue weighted by atomic mass is 16.3. The minimum Gasteiger partial charge on any atom is -0.508 e. The number of hydrogen-bond donors (Lipinski definition) is 2. The molecule has 0 aliphatic heterocycles. The Labute approximate surface area is 118 Å². The third-order valence-corrected chi connectivity index (χ3v) is 3.56. The molecule has 0 heterocycles. The van der Waals surface area contributed by atoms with Crippen molar-refractivity contribution in [2.45, 2.75) is 26.2 Å². The van der Waals surface area contributed by atoms with E-state index in [4.69, 9.17) is 0 Å². The molecular formula is C17H18O3. The van der Waals surface area contributed by atoms with Gasteiger partial charge >= 0.3 is 0 Å². The molecule has 1 aliphatic carbocycles. The largest absolute Gasteiger partial charge is 0.508 e. The Bertz CT molecular complexity index is 621. The van der Waals surface area contributed by atoms with Crippen LogP contribution in [0.25, 0.3) is 0 Å². The van der Waals surface area contributed by atoms with Gasteiger partial charge in [-0.2, -0.15) is 0 Å². The average molecular weight is 270 g/mol. The number of phenolic OH excluding ortho intramolecular Hbond substituents is 2. The second-order valence-electron chi connectivity index (χ2n) is 4.99. The summed E-state index contributed by atoms with van der Waals surface area (Å²) >= 11 is 0. The van der Waals surface area contributed by atoms with E-state index in [1.807, 2.05) is 13.0 Å². The molecule has 0 bridgehead atoms. The van der Waals surface area contributed by atoms with Crippen LogP contribution in [0, 0.1) is 0 Å². The highest BCUT2D eigenvalue weighted by Crippen LogP contribution is 2.29. The van der Waals surface area contributed by atoms with Crippen LogP contribution in [0.1, 0.15) is 36.5 Å². The van der Waals surface area contributed by atoms with Crippen LogP contribution in [0.2, 0.25) is 0 Å². The first-order chi connectivity index (χ1) is 9.52. The smallest absolute Gasteiger partial charge is 0.192 e. The van der Waals surface area contributed by atoms with Crippen LogP contribution in [-0.4, -0.2) is 16.0 Å².